The zero-order chi connectivity index (χ0) is 15.4. The van der Waals surface area contributed by atoms with Crippen molar-refractivity contribution in [2.75, 3.05) is 11.9 Å². The van der Waals surface area contributed by atoms with Crippen LogP contribution >= 0.6 is 11.3 Å². The normalized spacial score (nSPS) is 12.1. The maximum Gasteiger partial charge on any atom is 0.257 e. The fourth-order valence-corrected chi connectivity index (χ4v) is 2.72. The molecule has 0 saturated carbocycles. The quantitative estimate of drug-likeness (QED) is 0.793. The summed E-state index contributed by atoms with van der Waals surface area (Å²) in [5, 5.41) is 18.1. The summed E-state index contributed by atoms with van der Waals surface area (Å²) in [4.78, 5) is 16.5. The van der Waals surface area contributed by atoms with Gasteiger partial charge in [-0.05, 0) is 44.2 Å². The molecule has 3 N–H and O–H groups in total. The van der Waals surface area contributed by atoms with E-state index in [-0.39, 0.29) is 17.7 Å². The highest BCUT2D eigenvalue weighted by Gasteiger charge is 2.12. The van der Waals surface area contributed by atoms with Gasteiger partial charge in [-0.25, -0.2) is 4.98 Å². The second kappa shape index (κ2) is 6.69. The third kappa shape index (κ3) is 3.80. The number of thiazole rings is 1. The fourth-order valence-electron chi connectivity index (χ4n) is 1.92. The molecule has 112 valence electrons. The zero-order valence-corrected chi connectivity index (χ0v) is 13.1. The molecule has 1 atom stereocenters. The minimum atomic E-state index is -0.227. The Labute approximate surface area is 128 Å². The Bertz CT molecular complexity index is 640. The van der Waals surface area contributed by atoms with Gasteiger partial charge in [-0.1, -0.05) is 6.92 Å². The summed E-state index contributed by atoms with van der Waals surface area (Å²) in [7, 11) is 0. The predicted octanol–water partition coefficient (Wildman–Crippen LogP) is 3.08. The molecule has 2 rings (SSSR count). The molecule has 0 saturated heterocycles. The average Bonchev–Trinajstić information content (AvgIpc) is 2.90. The van der Waals surface area contributed by atoms with E-state index in [1.807, 2.05) is 19.2 Å². The molecule has 0 aliphatic heterocycles. The van der Waals surface area contributed by atoms with Gasteiger partial charge in [-0.3, -0.25) is 10.1 Å². The van der Waals surface area contributed by atoms with Crippen LogP contribution in [0.25, 0.3) is 0 Å². The van der Waals surface area contributed by atoms with Crippen LogP contribution in [-0.2, 0) is 0 Å². The minimum Gasteiger partial charge on any atom is -0.508 e. The van der Waals surface area contributed by atoms with Crippen LogP contribution in [0.4, 0.5) is 5.13 Å². The van der Waals surface area contributed by atoms with Crippen LogP contribution in [0.15, 0.2) is 23.6 Å². The number of aromatic hydroxyl groups is 1. The highest BCUT2D eigenvalue weighted by molar-refractivity contribution is 7.14. The first-order chi connectivity index (χ1) is 10.0. The van der Waals surface area contributed by atoms with E-state index in [0.29, 0.717) is 16.3 Å². The Hall–Kier alpha value is -1.92. The molecule has 1 aromatic heterocycles. The molecule has 5 nitrogen and oxygen atoms in total. The van der Waals surface area contributed by atoms with E-state index in [1.54, 1.807) is 19.1 Å². The van der Waals surface area contributed by atoms with Crippen LogP contribution in [0.3, 0.4) is 0 Å². The molecule has 0 aliphatic rings. The summed E-state index contributed by atoms with van der Waals surface area (Å²) in [6.07, 6.45) is 0. The van der Waals surface area contributed by atoms with Gasteiger partial charge in [0.25, 0.3) is 5.91 Å². The SMILES string of the molecule is CCNC(C)c1csc(NC(=O)c2ccc(O)c(C)c2)n1. The molecule has 0 bridgehead atoms. The molecule has 1 heterocycles. The van der Waals surface area contributed by atoms with Crippen LogP contribution in [-0.4, -0.2) is 22.5 Å². The van der Waals surface area contributed by atoms with Crippen molar-refractivity contribution in [2.24, 2.45) is 0 Å². The smallest absolute Gasteiger partial charge is 0.257 e. The minimum absolute atomic E-state index is 0.160. The van der Waals surface area contributed by atoms with Gasteiger partial charge in [0.15, 0.2) is 5.13 Å². The summed E-state index contributed by atoms with van der Waals surface area (Å²) < 4.78 is 0. The van der Waals surface area contributed by atoms with Crippen LogP contribution in [0.1, 0.15) is 41.5 Å². The molecule has 0 aliphatic carbocycles. The first-order valence-corrected chi connectivity index (χ1v) is 7.69. The highest BCUT2D eigenvalue weighted by atomic mass is 32.1. The lowest BCUT2D eigenvalue weighted by Crippen LogP contribution is -2.18. The van der Waals surface area contributed by atoms with Gasteiger partial charge in [0, 0.05) is 17.0 Å². The Morgan fingerprint density at radius 2 is 2.24 bits per heavy atom. The fraction of sp³-hybridized carbons (Fsp3) is 0.333. The van der Waals surface area contributed by atoms with Crippen molar-refractivity contribution in [3.8, 4) is 5.75 Å². The van der Waals surface area contributed by atoms with Gasteiger partial charge < -0.3 is 10.4 Å². The number of rotatable bonds is 5. The Balaban J connectivity index is 2.07. The van der Waals surface area contributed by atoms with Crippen molar-refractivity contribution < 1.29 is 9.90 Å². The number of carbonyl (C=O) groups excluding carboxylic acids is 1. The van der Waals surface area contributed by atoms with E-state index in [0.717, 1.165) is 12.2 Å². The third-order valence-corrected chi connectivity index (χ3v) is 3.93. The van der Waals surface area contributed by atoms with Crippen LogP contribution in [0, 0.1) is 6.92 Å². The number of amides is 1. The van der Waals surface area contributed by atoms with Gasteiger partial charge in [-0.2, -0.15) is 0 Å². The molecule has 6 heteroatoms. The van der Waals surface area contributed by atoms with Gasteiger partial charge in [0.1, 0.15) is 5.75 Å². The van der Waals surface area contributed by atoms with E-state index >= 15 is 0 Å². The van der Waals surface area contributed by atoms with E-state index < -0.39 is 0 Å². The van der Waals surface area contributed by atoms with Crippen molar-refractivity contribution in [3.05, 3.63) is 40.4 Å². The molecular formula is C15H19N3O2S. The zero-order valence-electron chi connectivity index (χ0n) is 12.3. The standard InChI is InChI=1S/C15H19N3O2S/c1-4-16-10(3)12-8-21-15(17-12)18-14(20)11-5-6-13(19)9(2)7-11/h5-8,10,16,19H,4H2,1-3H3,(H,17,18,20). The lowest BCUT2D eigenvalue weighted by atomic mass is 10.1. The maximum absolute atomic E-state index is 12.1. The largest absolute Gasteiger partial charge is 0.508 e. The van der Waals surface area contributed by atoms with Crippen molar-refractivity contribution >= 4 is 22.4 Å². The van der Waals surface area contributed by atoms with Gasteiger partial charge in [0.05, 0.1) is 5.69 Å². The Morgan fingerprint density at radius 3 is 2.90 bits per heavy atom. The van der Waals surface area contributed by atoms with E-state index in [9.17, 15) is 9.90 Å². The molecule has 0 radical (unpaired) electrons. The number of phenols is 1. The highest BCUT2D eigenvalue weighted by Crippen LogP contribution is 2.22. The summed E-state index contributed by atoms with van der Waals surface area (Å²) in [6.45, 7) is 6.70. The van der Waals surface area contributed by atoms with E-state index in [1.165, 1.54) is 17.4 Å². The molecule has 2 aromatic rings. The van der Waals surface area contributed by atoms with Crippen LogP contribution in [0.2, 0.25) is 0 Å². The second-order valence-corrected chi connectivity index (χ2v) is 5.67. The molecule has 21 heavy (non-hydrogen) atoms. The van der Waals surface area contributed by atoms with Gasteiger partial charge in [0.2, 0.25) is 0 Å². The van der Waals surface area contributed by atoms with Crippen LogP contribution in [0.5, 0.6) is 5.75 Å². The molecule has 1 amide bonds. The van der Waals surface area contributed by atoms with Gasteiger partial charge >= 0.3 is 0 Å². The maximum atomic E-state index is 12.1. The van der Waals surface area contributed by atoms with Crippen LogP contribution < -0.4 is 10.6 Å². The predicted molar refractivity (Wildman–Crippen MR) is 85.0 cm³/mol. The summed E-state index contributed by atoms with van der Waals surface area (Å²) >= 11 is 1.40. The average molecular weight is 305 g/mol. The topological polar surface area (TPSA) is 74.2 Å². The monoisotopic (exact) mass is 305 g/mol. The number of nitrogens with one attached hydrogen (secondary N) is 2. The number of anilines is 1. The molecule has 1 aromatic carbocycles. The second-order valence-electron chi connectivity index (χ2n) is 4.81. The molecule has 0 spiro atoms. The number of carbonyl (C=O) groups is 1. The summed E-state index contributed by atoms with van der Waals surface area (Å²) in [5.41, 5.74) is 2.09. The van der Waals surface area contributed by atoms with Crippen molar-refractivity contribution in [1.82, 2.24) is 10.3 Å². The van der Waals surface area contributed by atoms with Crippen molar-refractivity contribution in [3.63, 3.8) is 0 Å². The van der Waals surface area contributed by atoms with Crippen molar-refractivity contribution in [1.29, 1.82) is 0 Å². The number of aryl methyl sites for hydroxylation is 1. The first-order valence-electron chi connectivity index (χ1n) is 6.81. The number of phenolic OH excluding ortho intramolecular Hbond substituents is 1. The summed E-state index contributed by atoms with van der Waals surface area (Å²) in [5.74, 6) is -0.0438. The lowest BCUT2D eigenvalue weighted by Gasteiger charge is -2.08. The third-order valence-electron chi connectivity index (χ3n) is 3.16. The number of benzene rings is 1. The number of hydrogen-bond acceptors (Lipinski definition) is 5. The van der Waals surface area contributed by atoms with E-state index in [4.69, 9.17) is 0 Å². The van der Waals surface area contributed by atoms with E-state index in [2.05, 4.69) is 15.6 Å². The Kier molecular flexibility index (Phi) is 4.93. The molecule has 1 unspecified atom stereocenters. The van der Waals surface area contributed by atoms with Crippen molar-refractivity contribution in [2.45, 2.75) is 26.8 Å². The Morgan fingerprint density at radius 1 is 1.48 bits per heavy atom. The number of nitrogens with zero attached hydrogens (tertiary/aromatic N) is 1. The number of hydrogen-bond donors (Lipinski definition) is 3. The molecular weight excluding hydrogens is 286 g/mol. The molecule has 0 fully saturated rings. The first kappa shape index (κ1) is 15.5. The summed E-state index contributed by atoms with van der Waals surface area (Å²) in [6, 6.07) is 4.92. The number of aromatic nitrogens is 1. The van der Waals surface area contributed by atoms with Gasteiger partial charge in [-0.15, -0.1) is 11.3 Å². The lowest BCUT2D eigenvalue weighted by molar-refractivity contribution is 0.102.